The Kier molecular flexibility index (Phi) is 6.82. The minimum absolute atomic E-state index is 0.0313. The number of benzene rings is 1. The zero-order valence-electron chi connectivity index (χ0n) is 15.7. The molecule has 1 fully saturated rings. The van der Waals surface area contributed by atoms with Gasteiger partial charge >= 0.3 is 0 Å². The number of nitrogens with zero attached hydrogens (tertiary/aromatic N) is 3. The van der Waals surface area contributed by atoms with Crippen LogP contribution in [0.15, 0.2) is 24.3 Å². The molecule has 0 aromatic heterocycles. The van der Waals surface area contributed by atoms with Crippen LogP contribution in [-0.2, 0) is 16.1 Å². The zero-order chi connectivity index (χ0) is 18.4. The number of hydrogen-bond acceptors (Lipinski definition) is 4. The topological polar surface area (TPSA) is 53.1 Å². The van der Waals surface area contributed by atoms with E-state index in [4.69, 9.17) is 4.74 Å². The molecular weight excluding hydrogens is 318 g/mol. The molecule has 6 nitrogen and oxygen atoms in total. The standard InChI is InChI=1S/C19H29N3O3/c1-15(2)19(24)22-11-9-21(10-12-22)14-18(23)20(3)13-16-5-7-17(25-4)8-6-16/h5-8,15H,9-14H2,1-4H3. The van der Waals surface area contributed by atoms with Gasteiger partial charge in [0.2, 0.25) is 11.8 Å². The minimum Gasteiger partial charge on any atom is -0.497 e. The maximum atomic E-state index is 12.4. The van der Waals surface area contributed by atoms with E-state index in [0.717, 1.165) is 24.4 Å². The fraction of sp³-hybridized carbons (Fsp3) is 0.579. The number of carbonyl (C=O) groups excluding carboxylic acids is 2. The summed E-state index contributed by atoms with van der Waals surface area (Å²) >= 11 is 0. The van der Waals surface area contributed by atoms with E-state index >= 15 is 0 Å². The summed E-state index contributed by atoms with van der Waals surface area (Å²) in [5, 5.41) is 0. The van der Waals surface area contributed by atoms with Gasteiger partial charge in [0.1, 0.15) is 5.75 Å². The van der Waals surface area contributed by atoms with Crippen LogP contribution in [0.25, 0.3) is 0 Å². The molecule has 2 rings (SSSR count). The van der Waals surface area contributed by atoms with E-state index in [1.54, 1.807) is 12.0 Å². The number of methoxy groups -OCH3 is 1. The Bertz CT molecular complexity index is 578. The predicted molar refractivity (Wildman–Crippen MR) is 97.3 cm³/mol. The molecule has 0 atom stereocenters. The van der Waals surface area contributed by atoms with Crippen molar-refractivity contribution in [3.63, 3.8) is 0 Å². The van der Waals surface area contributed by atoms with E-state index in [1.165, 1.54) is 0 Å². The van der Waals surface area contributed by atoms with Crippen molar-refractivity contribution in [2.45, 2.75) is 20.4 Å². The van der Waals surface area contributed by atoms with Gasteiger partial charge in [-0.25, -0.2) is 0 Å². The van der Waals surface area contributed by atoms with Gasteiger partial charge in [0.15, 0.2) is 0 Å². The lowest BCUT2D eigenvalue weighted by molar-refractivity contribution is -0.137. The van der Waals surface area contributed by atoms with Crippen LogP contribution < -0.4 is 4.74 Å². The highest BCUT2D eigenvalue weighted by molar-refractivity contribution is 5.79. The Morgan fingerprint density at radius 1 is 1.12 bits per heavy atom. The average molecular weight is 347 g/mol. The van der Waals surface area contributed by atoms with E-state index in [0.29, 0.717) is 26.2 Å². The Hall–Kier alpha value is -2.08. The van der Waals surface area contributed by atoms with Crippen molar-refractivity contribution in [2.75, 3.05) is 46.9 Å². The van der Waals surface area contributed by atoms with Crippen molar-refractivity contribution in [2.24, 2.45) is 5.92 Å². The van der Waals surface area contributed by atoms with Crippen molar-refractivity contribution >= 4 is 11.8 Å². The summed E-state index contributed by atoms with van der Waals surface area (Å²) in [6, 6.07) is 7.75. The summed E-state index contributed by atoms with van der Waals surface area (Å²) in [7, 11) is 3.46. The molecule has 1 heterocycles. The third-order valence-corrected chi connectivity index (χ3v) is 4.54. The van der Waals surface area contributed by atoms with Gasteiger partial charge < -0.3 is 14.5 Å². The quantitative estimate of drug-likeness (QED) is 0.782. The summed E-state index contributed by atoms with van der Waals surface area (Å²) in [4.78, 5) is 30.2. The Balaban J connectivity index is 1.78. The Morgan fingerprint density at radius 2 is 1.72 bits per heavy atom. The van der Waals surface area contributed by atoms with Crippen LogP contribution in [0.1, 0.15) is 19.4 Å². The zero-order valence-corrected chi connectivity index (χ0v) is 15.7. The third kappa shape index (κ3) is 5.46. The number of hydrogen-bond donors (Lipinski definition) is 0. The average Bonchev–Trinajstić information content (AvgIpc) is 2.62. The van der Waals surface area contributed by atoms with Crippen LogP contribution in [0.4, 0.5) is 0 Å². The second-order valence-electron chi connectivity index (χ2n) is 6.85. The van der Waals surface area contributed by atoms with Crippen molar-refractivity contribution in [3.8, 4) is 5.75 Å². The monoisotopic (exact) mass is 347 g/mol. The first kappa shape index (κ1) is 19.2. The third-order valence-electron chi connectivity index (χ3n) is 4.54. The first-order valence-corrected chi connectivity index (χ1v) is 8.78. The smallest absolute Gasteiger partial charge is 0.236 e. The number of carbonyl (C=O) groups is 2. The van der Waals surface area contributed by atoms with Gasteiger partial charge in [-0.3, -0.25) is 14.5 Å². The van der Waals surface area contributed by atoms with Crippen LogP contribution in [0.3, 0.4) is 0 Å². The van der Waals surface area contributed by atoms with E-state index in [2.05, 4.69) is 4.90 Å². The molecule has 0 saturated carbocycles. The molecule has 6 heteroatoms. The molecule has 0 N–H and O–H groups in total. The van der Waals surface area contributed by atoms with Crippen LogP contribution >= 0.6 is 0 Å². The molecule has 1 aromatic rings. The predicted octanol–water partition coefficient (Wildman–Crippen LogP) is 1.45. The molecular formula is C19H29N3O3. The van der Waals surface area contributed by atoms with E-state index < -0.39 is 0 Å². The van der Waals surface area contributed by atoms with Crippen molar-refractivity contribution in [1.29, 1.82) is 0 Å². The molecule has 1 aliphatic heterocycles. The molecule has 138 valence electrons. The molecule has 0 spiro atoms. The lowest BCUT2D eigenvalue weighted by Crippen LogP contribution is -2.52. The fourth-order valence-corrected chi connectivity index (χ4v) is 2.90. The SMILES string of the molecule is COc1ccc(CN(C)C(=O)CN2CCN(C(=O)C(C)C)CC2)cc1. The summed E-state index contributed by atoms with van der Waals surface area (Å²) in [5.41, 5.74) is 1.07. The molecule has 0 radical (unpaired) electrons. The molecule has 0 aliphatic carbocycles. The summed E-state index contributed by atoms with van der Waals surface area (Å²) in [5.74, 6) is 1.14. The van der Waals surface area contributed by atoms with Crippen LogP contribution in [0.5, 0.6) is 5.75 Å². The highest BCUT2D eigenvalue weighted by atomic mass is 16.5. The van der Waals surface area contributed by atoms with Crippen molar-refractivity contribution in [3.05, 3.63) is 29.8 Å². The molecule has 0 unspecified atom stereocenters. The molecule has 25 heavy (non-hydrogen) atoms. The molecule has 0 bridgehead atoms. The van der Waals surface area contributed by atoms with E-state index in [-0.39, 0.29) is 17.7 Å². The van der Waals surface area contributed by atoms with Gasteiger partial charge in [-0.1, -0.05) is 26.0 Å². The fourth-order valence-electron chi connectivity index (χ4n) is 2.90. The summed E-state index contributed by atoms with van der Waals surface area (Å²) < 4.78 is 5.15. The number of amides is 2. The highest BCUT2D eigenvalue weighted by Crippen LogP contribution is 2.13. The van der Waals surface area contributed by atoms with Gasteiger partial charge in [-0.05, 0) is 17.7 Å². The number of piperazine rings is 1. The van der Waals surface area contributed by atoms with E-state index in [1.807, 2.05) is 50.1 Å². The largest absolute Gasteiger partial charge is 0.497 e. The summed E-state index contributed by atoms with van der Waals surface area (Å²) in [6.07, 6.45) is 0. The lowest BCUT2D eigenvalue weighted by atomic mass is 10.1. The highest BCUT2D eigenvalue weighted by Gasteiger charge is 2.24. The molecule has 1 aromatic carbocycles. The molecule has 2 amide bonds. The van der Waals surface area contributed by atoms with E-state index in [9.17, 15) is 9.59 Å². The van der Waals surface area contributed by atoms with Crippen molar-refractivity contribution < 1.29 is 14.3 Å². The van der Waals surface area contributed by atoms with Gasteiger partial charge in [0.05, 0.1) is 13.7 Å². The van der Waals surface area contributed by atoms with Gasteiger partial charge in [0, 0.05) is 45.7 Å². The maximum Gasteiger partial charge on any atom is 0.236 e. The second-order valence-corrected chi connectivity index (χ2v) is 6.85. The lowest BCUT2D eigenvalue weighted by Gasteiger charge is -2.35. The number of likely N-dealkylation sites (N-methyl/N-ethyl adjacent to an activating group) is 1. The van der Waals surface area contributed by atoms with Gasteiger partial charge in [-0.2, -0.15) is 0 Å². The Labute approximate surface area is 150 Å². The maximum absolute atomic E-state index is 12.4. The Morgan fingerprint density at radius 3 is 2.24 bits per heavy atom. The second kappa shape index (κ2) is 8.85. The van der Waals surface area contributed by atoms with Crippen molar-refractivity contribution in [1.82, 2.24) is 14.7 Å². The number of rotatable bonds is 6. The van der Waals surface area contributed by atoms with Gasteiger partial charge in [0.25, 0.3) is 0 Å². The van der Waals surface area contributed by atoms with Gasteiger partial charge in [-0.15, -0.1) is 0 Å². The number of ether oxygens (including phenoxy) is 1. The van der Waals surface area contributed by atoms with Crippen LogP contribution in [-0.4, -0.2) is 73.4 Å². The molecule has 1 saturated heterocycles. The van der Waals surface area contributed by atoms with Crippen LogP contribution in [0.2, 0.25) is 0 Å². The first-order valence-electron chi connectivity index (χ1n) is 8.78. The molecule has 1 aliphatic rings. The summed E-state index contributed by atoms with van der Waals surface area (Å²) in [6.45, 7) is 7.73. The normalized spacial score (nSPS) is 15.3. The minimum atomic E-state index is 0.0313. The first-order chi connectivity index (χ1) is 11.9. The van der Waals surface area contributed by atoms with Crippen LogP contribution in [0, 0.1) is 5.92 Å².